The fourth-order valence-electron chi connectivity index (χ4n) is 3.51. The van der Waals surface area contributed by atoms with E-state index >= 15 is 0 Å². The highest BCUT2D eigenvalue weighted by molar-refractivity contribution is 5.84. The average Bonchev–Trinajstić information content (AvgIpc) is 2.66. The summed E-state index contributed by atoms with van der Waals surface area (Å²) in [6.07, 6.45) is 1.12. The van der Waals surface area contributed by atoms with Gasteiger partial charge in [-0.15, -0.1) is 0 Å². The van der Waals surface area contributed by atoms with Crippen LogP contribution in [0.5, 0.6) is 5.75 Å². The second-order valence-electron chi connectivity index (χ2n) is 10.1. The van der Waals surface area contributed by atoms with E-state index in [9.17, 15) is 9.90 Å². The topological polar surface area (TPSA) is 46.5 Å². The zero-order chi connectivity index (χ0) is 22.9. The number of rotatable bonds is 5. The summed E-state index contributed by atoms with van der Waals surface area (Å²) in [7, 11) is 0. The van der Waals surface area contributed by atoms with E-state index in [0.717, 1.165) is 29.2 Å². The Morgan fingerprint density at radius 2 is 1.70 bits per heavy atom. The number of aryl methyl sites for hydroxylation is 2. The molecule has 3 nitrogen and oxygen atoms in total. The molecule has 0 bridgehead atoms. The highest BCUT2D eigenvalue weighted by Crippen LogP contribution is 2.41. The van der Waals surface area contributed by atoms with Crippen molar-refractivity contribution in [2.24, 2.45) is 0 Å². The van der Waals surface area contributed by atoms with Crippen LogP contribution in [-0.2, 0) is 22.0 Å². The Bertz CT molecular complexity index is 940. The monoisotopic (exact) mass is 408 g/mol. The zero-order valence-corrected chi connectivity index (χ0v) is 19.7. The van der Waals surface area contributed by atoms with Gasteiger partial charge in [-0.3, -0.25) is 0 Å². The molecule has 2 aromatic carbocycles. The molecule has 0 radical (unpaired) electrons. The summed E-state index contributed by atoms with van der Waals surface area (Å²) in [5.41, 5.74) is 5.34. The number of aliphatic hydroxyl groups excluding tert-OH is 1. The van der Waals surface area contributed by atoms with Crippen LogP contribution >= 0.6 is 0 Å². The molecule has 1 atom stereocenters. The van der Waals surface area contributed by atoms with Crippen LogP contribution in [0.2, 0.25) is 0 Å². The van der Waals surface area contributed by atoms with Crippen LogP contribution in [0.25, 0.3) is 0 Å². The normalized spacial score (nSPS) is 13.1. The van der Waals surface area contributed by atoms with E-state index in [1.165, 1.54) is 11.1 Å². The lowest BCUT2D eigenvalue weighted by atomic mass is 9.81. The highest BCUT2D eigenvalue weighted by atomic mass is 16.5. The molecule has 162 valence electrons. The summed E-state index contributed by atoms with van der Waals surface area (Å²) in [4.78, 5) is 12.1. The molecular weight excluding hydrogens is 372 g/mol. The van der Waals surface area contributed by atoms with Gasteiger partial charge in [0, 0.05) is 17.2 Å². The van der Waals surface area contributed by atoms with Gasteiger partial charge in [-0.05, 0) is 46.9 Å². The van der Waals surface area contributed by atoms with Crippen LogP contribution in [0.1, 0.15) is 88.0 Å². The Balaban J connectivity index is 2.75. The van der Waals surface area contributed by atoms with E-state index in [4.69, 9.17) is 4.74 Å². The van der Waals surface area contributed by atoms with Gasteiger partial charge in [-0.2, -0.15) is 0 Å². The summed E-state index contributed by atoms with van der Waals surface area (Å²) >= 11 is 0. The van der Waals surface area contributed by atoms with Gasteiger partial charge >= 0.3 is 5.97 Å². The van der Waals surface area contributed by atoms with Crippen molar-refractivity contribution in [3.05, 3.63) is 76.4 Å². The van der Waals surface area contributed by atoms with Crippen molar-refractivity contribution < 1.29 is 14.6 Å². The third kappa shape index (κ3) is 5.40. The predicted molar refractivity (Wildman–Crippen MR) is 124 cm³/mol. The quantitative estimate of drug-likeness (QED) is 0.357. The van der Waals surface area contributed by atoms with Crippen LogP contribution in [0, 0.1) is 6.92 Å². The van der Waals surface area contributed by atoms with Crippen molar-refractivity contribution >= 4 is 5.97 Å². The molecular formula is C27H36O3. The largest absolute Gasteiger partial charge is 0.423 e. The first-order valence-electron chi connectivity index (χ1n) is 10.6. The van der Waals surface area contributed by atoms with E-state index in [-0.39, 0.29) is 10.8 Å². The molecule has 0 aliphatic heterocycles. The van der Waals surface area contributed by atoms with Crippen molar-refractivity contribution in [3.8, 4) is 5.75 Å². The molecule has 30 heavy (non-hydrogen) atoms. The molecule has 0 aliphatic rings. The van der Waals surface area contributed by atoms with Crippen molar-refractivity contribution in [1.82, 2.24) is 0 Å². The summed E-state index contributed by atoms with van der Waals surface area (Å²) in [6, 6.07) is 10.2. The second kappa shape index (κ2) is 8.77. The van der Waals surface area contributed by atoms with Crippen LogP contribution < -0.4 is 4.74 Å². The van der Waals surface area contributed by atoms with Crippen LogP contribution in [0.15, 0.2) is 43.0 Å². The van der Waals surface area contributed by atoms with E-state index in [2.05, 4.69) is 67.2 Å². The smallest absolute Gasteiger partial charge is 0.335 e. The van der Waals surface area contributed by atoms with Crippen LogP contribution in [0.3, 0.4) is 0 Å². The SMILES string of the molecule is C=CC(=O)Oc1c(C(O)c2cc(CC)cc(C(C)(C)C)c2)cc(C)cc1C(C)(C)C. The van der Waals surface area contributed by atoms with Gasteiger partial charge in [-0.25, -0.2) is 4.79 Å². The van der Waals surface area contributed by atoms with Gasteiger partial charge in [0.05, 0.1) is 0 Å². The average molecular weight is 409 g/mol. The number of carbonyl (C=O) groups excluding carboxylic acids is 1. The van der Waals surface area contributed by atoms with E-state index in [0.29, 0.717) is 11.3 Å². The lowest BCUT2D eigenvalue weighted by Gasteiger charge is -2.27. The van der Waals surface area contributed by atoms with Crippen molar-refractivity contribution in [2.45, 2.75) is 78.7 Å². The predicted octanol–water partition coefficient (Wildman–Crippen LogP) is 6.33. The number of ether oxygens (including phenoxy) is 1. The molecule has 0 heterocycles. The second-order valence-corrected chi connectivity index (χ2v) is 10.1. The van der Waals surface area contributed by atoms with Crippen LogP contribution in [0.4, 0.5) is 0 Å². The molecule has 0 spiro atoms. The summed E-state index contributed by atoms with van der Waals surface area (Å²) in [5.74, 6) is -0.111. The van der Waals surface area contributed by atoms with Gasteiger partial charge < -0.3 is 9.84 Å². The number of esters is 1. The minimum atomic E-state index is -0.911. The Morgan fingerprint density at radius 3 is 2.20 bits per heavy atom. The number of benzene rings is 2. The number of hydrogen-bond acceptors (Lipinski definition) is 3. The molecule has 0 saturated heterocycles. The molecule has 2 aromatic rings. The summed E-state index contributed by atoms with van der Waals surface area (Å²) in [5, 5.41) is 11.5. The molecule has 0 amide bonds. The van der Waals surface area contributed by atoms with Crippen LogP contribution in [-0.4, -0.2) is 11.1 Å². The maximum absolute atomic E-state index is 12.1. The molecule has 0 saturated carbocycles. The number of aliphatic hydroxyl groups is 1. The standard InChI is InChI=1S/C27H36O3/c1-10-18-14-19(16-20(15-18)26(4,5)6)24(29)21-12-17(3)13-22(27(7,8)9)25(21)30-23(28)11-2/h11-16,24,29H,2,10H2,1,3-9H3. The minimum Gasteiger partial charge on any atom is -0.423 e. The zero-order valence-electron chi connectivity index (χ0n) is 19.7. The van der Waals surface area contributed by atoms with Crippen molar-refractivity contribution in [2.75, 3.05) is 0 Å². The first-order valence-corrected chi connectivity index (χ1v) is 10.6. The molecule has 1 unspecified atom stereocenters. The Hall–Kier alpha value is -2.39. The first-order chi connectivity index (χ1) is 13.8. The van der Waals surface area contributed by atoms with E-state index in [1.807, 2.05) is 25.1 Å². The van der Waals surface area contributed by atoms with Gasteiger partial charge in [0.2, 0.25) is 0 Å². The Labute approximate surface area is 181 Å². The highest BCUT2D eigenvalue weighted by Gasteiger charge is 2.28. The molecule has 3 heteroatoms. The first kappa shape index (κ1) is 23.9. The number of hydrogen-bond donors (Lipinski definition) is 1. The third-order valence-corrected chi connectivity index (χ3v) is 5.34. The molecule has 0 aliphatic carbocycles. The van der Waals surface area contributed by atoms with Crippen molar-refractivity contribution in [1.29, 1.82) is 0 Å². The fourth-order valence-corrected chi connectivity index (χ4v) is 3.51. The minimum absolute atomic E-state index is 0.0407. The molecule has 1 N–H and O–H groups in total. The third-order valence-electron chi connectivity index (χ3n) is 5.34. The van der Waals surface area contributed by atoms with Gasteiger partial charge in [0.15, 0.2) is 0 Å². The maximum Gasteiger partial charge on any atom is 0.335 e. The molecule has 0 fully saturated rings. The molecule has 0 aromatic heterocycles. The van der Waals surface area contributed by atoms with E-state index in [1.54, 1.807) is 0 Å². The summed E-state index contributed by atoms with van der Waals surface area (Å²) < 4.78 is 5.69. The lowest BCUT2D eigenvalue weighted by Crippen LogP contribution is -2.19. The summed E-state index contributed by atoms with van der Waals surface area (Å²) in [6.45, 7) is 20.3. The maximum atomic E-state index is 12.1. The lowest BCUT2D eigenvalue weighted by molar-refractivity contribution is -0.129. The fraction of sp³-hybridized carbons (Fsp3) is 0.444. The molecule has 2 rings (SSSR count). The Kier molecular flexibility index (Phi) is 6.98. The number of carbonyl (C=O) groups is 1. The van der Waals surface area contributed by atoms with E-state index < -0.39 is 12.1 Å². The Morgan fingerprint density at radius 1 is 1.07 bits per heavy atom. The van der Waals surface area contributed by atoms with Crippen molar-refractivity contribution in [3.63, 3.8) is 0 Å². The van der Waals surface area contributed by atoms with Gasteiger partial charge in [0.25, 0.3) is 0 Å². The van der Waals surface area contributed by atoms with Gasteiger partial charge in [0.1, 0.15) is 11.9 Å². The van der Waals surface area contributed by atoms with Gasteiger partial charge in [-0.1, -0.05) is 84.9 Å².